The molecule has 0 aromatic rings. The maximum Gasteiger partial charge on any atom is 0.575 e. The highest BCUT2D eigenvalue weighted by atomic mass is 19.4. The molecule has 0 radical (unpaired) electrons. The minimum absolute atomic E-state index is 0.0702. The maximum atomic E-state index is 12.2. The molecular formula is C13H13F6NO4. The number of esters is 2. The van der Waals surface area contributed by atoms with Crippen molar-refractivity contribution in [3.63, 3.8) is 0 Å². The second-order valence-corrected chi connectivity index (χ2v) is 5.22. The summed E-state index contributed by atoms with van der Waals surface area (Å²) in [6.07, 6.45) is -8.93. The fourth-order valence-corrected chi connectivity index (χ4v) is 2.05. The lowest BCUT2D eigenvalue weighted by molar-refractivity contribution is -0.304. The van der Waals surface area contributed by atoms with Gasteiger partial charge in [-0.1, -0.05) is 13.8 Å². The second-order valence-electron chi connectivity index (χ2n) is 5.22. The SMILES string of the molecule is CC(C)CC1C(C(=O)OC(F)(F)F)=CNC=C1C(=O)OC(F)(F)F. The van der Waals surface area contributed by atoms with Crippen LogP contribution in [0.1, 0.15) is 20.3 Å². The Balaban J connectivity index is 3.07. The van der Waals surface area contributed by atoms with E-state index in [1.54, 1.807) is 13.8 Å². The van der Waals surface area contributed by atoms with Crippen LogP contribution in [0.2, 0.25) is 0 Å². The molecular weight excluding hydrogens is 348 g/mol. The molecule has 1 N–H and O–H groups in total. The lowest BCUT2D eigenvalue weighted by atomic mass is 9.83. The number of rotatable bonds is 4. The summed E-state index contributed by atoms with van der Waals surface area (Å²) in [5.74, 6) is -5.22. The summed E-state index contributed by atoms with van der Waals surface area (Å²) < 4.78 is 79.6. The summed E-state index contributed by atoms with van der Waals surface area (Å²) in [7, 11) is 0. The average molecular weight is 361 g/mol. The summed E-state index contributed by atoms with van der Waals surface area (Å²) in [6.45, 7) is 3.23. The predicted molar refractivity (Wildman–Crippen MR) is 66.5 cm³/mol. The third kappa shape index (κ3) is 6.13. The van der Waals surface area contributed by atoms with E-state index in [-0.39, 0.29) is 12.3 Å². The summed E-state index contributed by atoms with van der Waals surface area (Å²) in [5.41, 5.74) is -1.25. The van der Waals surface area contributed by atoms with Gasteiger partial charge < -0.3 is 14.8 Å². The quantitative estimate of drug-likeness (QED) is 0.616. The van der Waals surface area contributed by atoms with Crippen LogP contribution in [-0.4, -0.2) is 24.7 Å². The highest BCUT2D eigenvalue weighted by molar-refractivity contribution is 5.96. The normalized spacial score (nSPS) is 16.2. The third-order valence-electron chi connectivity index (χ3n) is 2.82. The van der Waals surface area contributed by atoms with Crippen molar-refractivity contribution in [1.82, 2.24) is 5.32 Å². The molecule has 0 bridgehead atoms. The van der Waals surface area contributed by atoms with E-state index in [4.69, 9.17) is 0 Å². The molecule has 0 atom stereocenters. The zero-order valence-electron chi connectivity index (χ0n) is 12.4. The van der Waals surface area contributed by atoms with Crippen LogP contribution >= 0.6 is 0 Å². The Morgan fingerprint density at radius 1 is 1.00 bits per heavy atom. The van der Waals surface area contributed by atoms with E-state index in [9.17, 15) is 35.9 Å². The zero-order chi connectivity index (χ0) is 18.7. The van der Waals surface area contributed by atoms with Crippen LogP contribution < -0.4 is 5.32 Å². The zero-order valence-corrected chi connectivity index (χ0v) is 12.4. The van der Waals surface area contributed by atoms with Crippen LogP contribution in [0.25, 0.3) is 0 Å². The summed E-state index contributed by atoms with van der Waals surface area (Å²) in [4.78, 5) is 23.2. The van der Waals surface area contributed by atoms with Crippen LogP contribution in [0.5, 0.6) is 0 Å². The number of hydrogen-bond acceptors (Lipinski definition) is 5. The highest BCUT2D eigenvalue weighted by Gasteiger charge is 2.42. The Morgan fingerprint density at radius 2 is 1.38 bits per heavy atom. The van der Waals surface area contributed by atoms with Crippen molar-refractivity contribution in [1.29, 1.82) is 0 Å². The Labute approximate surface area is 132 Å². The van der Waals surface area contributed by atoms with Crippen molar-refractivity contribution >= 4 is 11.9 Å². The first kappa shape index (κ1) is 19.8. The molecule has 136 valence electrons. The van der Waals surface area contributed by atoms with Crippen molar-refractivity contribution < 1.29 is 45.4 Å². The molecule has 0 unspecified atom stereocenters. The molecule has 0 aromatic carbocycles. The monoisotopic (exact) mass is 361 g/mol. The molecule has 1 rings (SSSR count). The van der Waals surface area contributed by atoms with Gasteiger partial charge >= 0.3 is 24.7 Å². The summed E-state index contributed by atoms with van der Waals surface area (Å²) >= 11 is 0. The first-order chi connectivity index (χ1) is 10.8. The molecule has 0 amide bonds. The fraction of sp³-hybridized carbons (Fsp3) is 0.538. The van der Waals surface area contributed by atoms with Crippen molar-refractivity contribution in [2.75, 3.05) is 0 Å². The van der Waals surface area contributed by atoms with Gasteiger partial charge in [0.25, 0.3) is 0 Å². The topological polar surface area (TPSA) is 64.6 Å². The minimum atomic E-state index is -5.27. The molecule has 24 heavy (non-hydrogen) atoms. The van der Waals surface area contributed by atoms with E-state index in [0.717, 1.165) is 12.4 Å². The van der Waals surface area contributed by atoms with Crippen molar-refractivity contribution in [3.05, 3.63) is 23.5 Å². The van der Waals surface area contributed by atoms with Gasteiger partial charge in [0.1, 0.15) is 0 Å². The lowest BCUT2D eigenvalue weighted by Gasteiger charge is -2.26. The van der Waals surface area contributed by atoms with E-state index >= 15 is 0 Å². The van der Waals surface area contributed by atoms with E-state index < -0.39 is 41.7 Å². The third-order valence-corrected chi connectivity index (χ3v) is 2.82. The Hall–Kier alpha value is -2.20. The number of carbonyl (C=O) groups is 2. The van der Waals surface area contributed by atoms with E-state index in [0.29, 0.717) is 0 Å². The first-order valence-corrected chi connectivity index (χ1v) is 6.56. The second kappa shape index (κ2) is 7.14. The van der Waals surface area contributed by atoms with Gasteiger partial charge in [0.2, 0.25) is 0 Å². The number of carbonyl (C=O) groups excluding carboxylic acids is 2. The molecule has 0 fully saturated rings. The molecule has 11 heteroatoms. The van der Waals surface area contributed by atoms with Gasteiger partial charge in [-0.2, -0.15) is 0 Å². The van der Waals surface area contributed by atoms with Gasteiger partial charge in [-0.3, -0.25) is 0 Å². The van der Waals surface area contributed by atoms with Gasteiger partial charge in [0, 0.05) is 18.3 Å². The van der Waals surface area contributed by atoms with Crippen LogP contribution in [0, 0.1) is 11.8 Å². The first-order valence-electron chi connectivity index (χ1n) is 6.56. The van der Waals surface area contributed by atoms with Gasteiger partial charge in [-0.25, -0.2) is 9.59 Å². The van der Waals surface area contributed by atoms with Gasteiger partial charge in [0.15, 0.2) is 0 Å². The largest absolute Gasteiger partial charge is 0.575 e. The van der Waals surface area contributed by atoms with Crippen molar-refractivity contribution in [2.24, 2.45) is 11.8 Å². The van der Waals surface area contributed by atoms with Crippen LogP contribution in [-0.2, 0) is 19.1 Å². The number of alkyl halides is 6. The average Bonchev–Trinajstić information content (AvgIpc) is 2.33. The molecule has 0 aliphatic carbocycles. The summed E-state index contributed by atoms with van der Waals surface area (Å²) in [5, 5.41) is 2.16. The van der Waals surface area contributed by atoms with Crippen molar-refractivity contribution in [3.8, 4) is 0 Å². The highest BCUT2D eigenvalue weighted by Crippen LogP contribution is 2.33. The Kier molecular flexibility index (Phi) is 5.90. The number of nitrogens with one attached hydrogen (secondary N) is 1. The molecule has 5 nitrogen and oxygen atoms in total. The van der Waals surface area contributed by atoms with E-state index in [1.165, 1.54) is 0 Å². The summed E-state index contributed by atoms with van der Waals surface area (Å²) in [6, 6.07) is 0. The van der Waals surface area contributed by atoms with E-state index in [2.05, 4.69) is 14.8 Å². The van der Waals surface area contributed by atoms with Crippen molar-refractivity contribution in [2.45, 2.75) is 33.0 Å². The van der Waals surface area contributed by atoms with Crippen LogP contribution in [0.3, 0.4) is 0 Å². The number of halogens is 6. The fourth-order valence-electron chi connectivity index (χ4n) is 2.05. The molecule has 1 aliphatic rings. The van der Waals surface area contributed by atoms with E-state index in [1.807, 2.05) is 0 Å². The maximum absolute atomic E-state index is 12.2. The Bertz CT molecular complexity index is 518. The molecule has 0 saturated carbocycles. The van der Waals surface area contributed by atoms with Crippen LogP contribution in [0.4, 0.5) is 26.3 Å². The number of ether oxygens (including phenoxy) is 2. The van der Waals surface area contributed by atoms with Gasteiger partial charge in [0.05, 0.1) is 11.1 Å². The van der Waals surface area contributed by atoms with Gasteiger partial charge in [-0.15, -0.1) is 26.3 Å². The molecule has 0 aromatic heterocycles. The standard InChI is InChI=1S/C13H13F6NO4/c1-6(2)3-7-8(10(21)23-12(14,15)16)4-20-5-9(7)11(22)24-13(17,18)19/h4-7,20H,3H2,1-2H3. The molecule has 1 aliphatic heterocycles. The Morgan fingerprint density at radius 3 is 1.67 bits per heavy atom. The number of dihydropyridines is 1. The molecule has 1 heterocycles. The predicted octanol–water partition coefficient (Wildman–Crippen LogP) is 3.15. The van der Waals surface area contributed by atoms with Crippen LogP contribution in [0.15, 0.2) is 23.5 Å². The molecule has 0 saturated heterocycles. The smallest absolute Gasteiger partial charge is 0.369 e. The lowest BCUT2D eigenvalue weighted by Crippen LogP contribution is -2.33. The van der Waals surface area contributed by atoms with Gasteiger partial charge in [-0.05, 0) is 12.3 Å². The number of hydrogen-bond donors (Lipinski definition) is 1. The minimum Gasteiger partial charge on any atom is -0.369 e. The molecule has 0 spiro atoms.